The molecule has 0 aromatic heterocycles. The number of ether oxygens (including phenoxy) is 1. The Morgan fingerprint density at radius 2 is 2.00 bits per heavy atom. The highest BCUT2D eigenvalue weighted by Gasteiger charge is 2.12. The maximum Gasteiger partial charge on any atom is 0.258 e. The van der Waals surface area contributed by atoms with Crippen LogP contribution in [0.5, 0.6) is 5.75 Å². The van der Waals surface area contributed by atoms with Crippen molar-refractivity contribution in [2.45, 2.75) is 20.0 Å². The molecule has 0 bridgehead atoms. The van der Waals surface area contributed by atoms with Gasteiger partial charge in [0.15, 0.2) is 6.10 Å². The highest BCUT2D eigenvalue weighted by atomic mass is 16.5. The summed E-state index contributed by atoms with van der Waals surface area (Å²) in [6.45, 7) is 2.95. The van der Waals surface area contributed by atoms with Crippen LogP contribution in [0.15, 0.2) is 24.3 Å². The third-order valence-electron chi connectivity index (χ3n) is 1.90. The van der Waals surface area contributed by atoms with Gasteiger partial charge in [0.2, 0.25) is 5.91 Å². The van der Waals surface area contributed by atoms with Gasteiger partial charge >= 0.3 is 0 Å². The number of anilines is 1. The molecule has 1 aromatic carbocycles. The van der Waals surface area contributed by atoms with E-state index < -0.39 is 12.0 Å². The Bertz CT molecular complexity index is 404. The Morgan fingerprint density at radius 3 is 2.56 bits per heavy atom. The van der Waals surface area contributed by atoms with Crippen molar-refractivity contribution in [1.82, 2.24) is 0 Å². The Morgan fingerprint density at radius 1 is 1.38 bits per heavy atom. The summed E-state index contributed by atoms with van der Waals surface area (Å²) in [5, 5.41) is 2.60. The molecule has 0 aliphatic carbocycles. The third kappa shape index (κ3) is 3.27. The van der Waals surface area contributed by atoms with E-state index in [0.29, 0.717) is 11.4 Å². The van der Waals surface area contributed by atoms with Crippen LogP contribution in [0.25, 0.3) is 0 Å². The molecule has 16 heavy (non-hydrogen) atoms. The van der Waals surface area contributed by atoms with Crippen LogP contribution in [-0.2, 0) is 9.59 Å². The molecular formula is C11H14N2O3. The average Bonchev–Trinajstić information content (AvgIpc) is 2.20. The summed E-state index contributed by atoms with van der Waals surface area (Å²) >= 11 is 0. The van der Waals surface area contributed by atoms with Gasteiger partial charge in [-0.2, -0.15) is 0 Å². The summed E-state index contributed by atoms with van der Waals surface area (Å²) in [7, 11) is 0. The standard InChI is InChI=1S/C11H14N2O3/c1-7(11(12)15)16-10-6-4-3-5-9(10)13-8(2)14/h3-7H,1-2H3,(H2,12,15)(H,13,14). The van der Waals surface area contributed by atoms with Crippen molar-refractivity contribution in [2.75, 3.05) is 5.32 Å². The predicted molar refractivity (Wildman–Crippen MR) is 60.0 cm³/mol. The first kappa shape index (κ1) is 12.0. The monoisotopic (exact) mass is 222 g/mol. The van der Waals surface area contributed by atoms with Crippen LogP contribution in [0.1, 0.15) is 13.8 Å². The first-order valence-corrected chi connectivity index (χ1v) is 4.83. The normalized spacial score (nSPS) is 11.6. The predicted octanol–water partition coefficient (Wildman–Crippen LogP) is 0.898. The highest BCUT2D eigenvalue weighted by Crippen LogP contribution is 2.24. The van der Waals surface area contributed by atoms with Crippen LogP contribution in [0.2, 0.25) is 0 Å². The maximum atomic E-state index is 10.9. The summed E-state index contributed by atoms with van der Waals surface area (Å²) in [6, 6.07) is 6.84. The Hall–Kier alpha value is -2.04. The number of hydrogen-bond donors (Lipinski definition) is 2. The summed E-state index contributed by atoms with van der Waals surface area (Å²) in [5.41, 5.74) is 5.60. The third-order valence-corrected chi connectivity index (χ3v) is 1.90. The molecule has 5 nitrogen and oxygen atoms in total. The molecule has 3 N–H and O–H groups in total. The van der Waals surface area contributed by atoms with Gasteiger partial charge in [-0.25, -0.2) is 0 Å². The van der Waals surface area contributed by atoms with E-state index in [0.717, 1.165) is 0 Å². The van der Waals surface area contributed by atoms with E-state index in [1.165, 1.54) is 6.92 Å². The Balaban J connectivity index is 2.86. The van der Waals surface area contributed by atoms with Gasteiger partial charge in [0.1, 0.15) is 5.75 Å². The van der Waals surface area contributed by atoms with Gasteiger partial charge in [0.25, 0.3) is 5.91 Å². The average molecular weight is 222 g/mol. The zero-order chi connectivity index (χ0) is 12.1. The minimum Gasteiger partial charge on any atom is -0.479 e. The lowest BCUT2D eigenvalue weighted by atomic mass is 10.3. The van der Waals surface area contributed by atoms with Crippen LogP contribution < -0.4 is 15.8 Å². The van der Waals surface area contributed by atoms with E-state index in [1.54, 1.807) is 31.2 Å². The first-order chi connectivity index (χ1) is 7.50. The topological polar surface area (TPSA) is 81.4 Å². The lowest BCUT2D eigenvalue weighted by Gasteiger charge is -2.14. The molecular weight excluding hydrogens is 208 g/mol. The van der Waals surface area contributed by atoms with Gasteiger partial charge in [-0.05, 0) is 19.1 Å². The lowest BCUT2D eigenvalue weighted by Crippen LogP contribution is -2.30. The number of benzene rings is 1. The van der Waals surface area contributed by atoms with Crippen molar-refractivity contribution < 1.29 is 14.3 Å². The minimum absolute atomic E-state index is 0.206. The molecule has 5 heteroatoms. The van der Waals surface area contributed by atoms with Gasteiger partial charge in [0.05, 0.1) is 5.69 Å². The summed E-state index contributed by atoms with van der Waals surface area (Å²) < 4.78 is 5.32. The summed E-state index contributed by atoms with van der Waals surface area (Å²) in [6.07, 6.45) is -0.741. The van der Waals surface area contributed by atoms with Crippen molar-refractivity contribution in [3.63, 3.8) is 0 Å². The fourth-order valence-corrected chi connectivity index (χ4v) is 1.11. The zero-order valence-electron chi connectivity index (χ0n) is 9.19. The second-order valence-corrected chi connectivity index (χ2v) is 3.34. The SMILES string of the molecule is CC(=O)Nc1ccccc1OC(C)C(N)=O. The van der Waals surface area contributed by atoms with E-state index in [4.69, 9.17) is 10.5 Å². The molecule has 0 aliphatic rings. The fraction of sp³-hybridized carbons (Fsp3) is 0.273. The molecule has 1 rings (SSSR count). The molecule has 86 valence electrons. The van der Waals surface area contributed by atoms with Crippen molar-refractivity contribution in [3.05, 3.63) is 24.3 Å². The molecule has 2 amide bonds. The molecule has 1 aromatic rings. The smallest absolute Gasteiger partial charge is 0.258 e. The van der Waals surface area contributed by atoms with Crippen molar-refractivity contribution in [2.24, 2.45) is 5.73 Å². The number of nitrogens with two attached hydrogens (primary N) is 1. The van der Waals surface area contributed by atoms with E-state index in [9.17, 15) is 9.59 Å². The van der Waals surface area contributed by atoms with Gasteiger partial charge in [-0.3, -0.25) is 9.59 Å². The summed E-state index contributed by atoms with van der Waals surface area (Å²) in [5.74, 6) is -0.343. The van der Waals surface area contributed by atoms with Crippen LogP contribution in [0.4, 0.5) is 5.69 Å². The number of hydrogen-bond acceptors (Lipinski definition) is 3. The molecule has 1 unspecified atom stereocenters. The lowest BCUT2D eigenvalue weighted by molar-refractivity contribution is -0.123. The quantitative estimate of drug-likeness (QED) is 0.794. The number of nitrogens with one attached hydrogen (secondary N) is 1. The molecule has 0 spiro atoms. The Labute approximate surface area is 93.6 Å². The summed E-state index contributed by atoms with van der Waals surface area (Å²) in [4.78, 5) is 21.8. The Kier molecular flexibility index (Phi) is 3.88. The van der Waals surface area contributed by atoms with Crippen LogP contribution in [0, 0.1) is 0 Å². The highest BCUT2D eigenvalue weighted by molar-refractivity contribution is 5.90. The molecule has 1 atom stereocenters. The van der Waals surface area contributed by atoms with Gasteiger partial charge < -0.3 is 15.8 Å². The first-order valence-electron chi connectivity index (χ1n) is 4.83. The maximum absolute atomic E-state index is 10.9. The number of rotatable bonds is 4. The minimum atomic E-state index is -0.741. The number of primary amides is 1. The number of carbonyl (C=O) groups is 2. The van der Waals surface area contributed by atoms with E-state index in [-0.39, 0.29) is 5.91 Å². The van der Waals surface area contributed by atoms with E-state index in [2.05, 4.69) is 5.32 Å². The fourth-order valence-electron chi connectivity index (χ4n) is 1.11. The molecule has 0 fully saturated rings. The van der Waals surface area contributed by atoms with Gasteiger partial charge in [0, 0.05) is 6.92 Å². The van der Waals surface area contributed by atoms with E-state index in [1.807, 2.05) is 0 Å². The molecule has 0 radical (unpaired) electrons. The van der Waals surface area contributed by atoms with Crippen LogP contribution in [-0.4, -0.2) is 17.9 Å². The largest absolute Gasteiger partial charge is 0.479 e. The van der Waals surface area contributed by atoms with Crippen molar-refractivity contribution >= 4 is 17.5 Å². The second kappa shape index (κ2) is 5.16. The van der Waals surface area contributed by atoms with Crippen molar-refractivity contribution in [3.8, 4) is 5.75 Å². The molecule has 0 aliphatic heterocycles. The molecule has 0 saturated heterocycles. The number of para-hydroxylation sites is 2. The zero-order valence-corrected chi connectivity index (χ0v) is 9.19. The number of carbonyl (C=O) groups excluding carboxylic acids is 2. The second-order valence-electron chi connectivity index (χ2n) is 3.34. The van der Waals surface area contributed by atoms with Gasteiger partial charge in [-0.1, -0.05) is 12.1 Å². The van der Waals surface area contributed by atoms with E-state index >= 15 is 0 Å². The van der Waals surface area contributed by atoms with Gasteiger partial charge in [-0.15, -0.1) is 0 Å². The number of amides is 2. The molecule has 0 heterocycles. The van der Waals surface area contributed by atoms with Crippen LogP contribution in [0.3, 0.4) is 0 Å². The molecule has 0 saturated carbocycles. The van der Waals surface area contributed by atoms with Crippen LogP contribution >= 0.6 is 0 Å². The van der Waals surface area contributed by atoms with Crippen molar-refractivity contribution in [1.29, 1.82) is 0 Å².